The van der Waals surface area contributed by atoms with Gasteiger partial charge in [-0.2, -0.15) is 0 Å². The maximum Gasteiger partial charge on any atom is 0.412 e. The zero-order chi connectivity index (χ0) is 13.2. The number of halogens is 1. The molecule has 0 unspecified atom stereocenters. The number of anilines is 2. The Bertz CT molecular complexity index is 444. The van der Waals surface area contributed by atoms with Gasteiger partial charge in [-0.3, -0.25) is 5.32 Å². The topological polar surface area (TPSA) is 64.3 Å². The first-order valence-corrected chi connectivity index (χ1v) is 4.74. The van der Waals surface area contributed by atoms with Gasteiger partial charge < -0.3 is 10.5 Å². The number of benzene rings is 1. The van der Waals surface area contributed by atoms with Crippen molar-refractivity contribution in [1.82, 2.24) is 0 Å². The number of hydrogen-bond donors (Lipinski definition) is 2. The van der Waals surface area contributed by atoms with Crippen LogP contribution in [0.5, 0.6) is 0 Å². The van der Waals surface area contributed by atoms with Gasteiger partial charge >= 0.3 is 6.09 Å². The van der Waals surface area contributed by atoms with Crippen LogP contribution in [0.15, 0.2) is 18.2 Å². The molecular weight excluding hydrogens is 211 g/mol. The minimum Gasteiger partial charge on any atom is -0.444 e. The van der Waals surface area contributed by atoms with Crippen molar-refractivity contribution in [1.29, 1.82) is 0 Å². The van der Waals surface area contributed by atoms with Crippen LogP contribution >= 0.6 is 0 Å². The van der Waals surface area contributed by atoms with E-state index in [-0.39, 0.29) is 17.4 Å². The predicted octanol–water partition coefficient (Wildman–Crippen LogP) is 2.75. The number of carbonyl (C=O) groups excluding carboxylic acids is 1. The molecule has 1 aromatic rings. The molecule has 16 heavy (non-hydrogen) atoms. The van der Waals surface area contributed by atoms with Crippen molar-refractivity contribution in [2.24, 2.45) is 0 Å². The fourth-order valence-corrected chi connectivity index (χ4v) is 0.998. The summed E-state index contributed by atoms with van der Waals surface area (Å²) in [6.45, 7) is 5.14. The second-order valence-electron chi connectivity index (χ2n) is 4.28. The molecule has 0 saturated heterocycles. The molecule has 0 aromatic heterocycles. The van der Waals surface area contributed by atoms with Crippen molar-refractivity contribution in [3.05, 3.63) is 24.0 Å². The Hall–Kier alpha value is -1.78. The molecule has 5 heteroatoms. The molecule has 0 radical (unpaired) electrons. The minimum absolute atomic E-state index is 0.0905. The third-order valence-electron chi connectivity index (χ3n) is 1.58. The standard InChI is InChI=1S/C11H15FN2O2/c1-11(2,3)16-10(15)14-9-6-7(12)4-5-8(9)13/h4-6H,13H2,1-3H3,(H,14,15)/i4D. The van der Waals surface area contributed by atoms with Crippen molar-refractivity contribution in [3.63, 3.8) is 0 Å². The highest BCUT2D eigenvalue weighted by Gasteiger charge is 2.16. The smallest absolute Gasteiger partial charge is 0.412 e. The molecule has 1 rings (SSSR count). The Kier molecular flexibility index (Phi) is 2.94. The van der Waals surface area contributed by atoms with Gasteiger partial charge in [-0.25, -0.2) is 9.18 Å². The van der Waals surface area contributed by atoms with E-state index in [1.165, 1.54) is 0 Å². The number of rotatable bonds is 1. The highest BCUT2D eigenvalue weighted by molar-refractivity contribution is 5.89. The Morgan fingerprint density at radius 3 is 2.81 bits per heavy atom. The summed E-state index contributed by atoms with van der Waals surface area (Å²) in [5.74, 6) is -0.759. The van der Waals surface area contributed by atoms with E-state index >= 15 is 0 Å². The van der Waals surface area contributed by atoms with Crippen LogP contribution in [0.1, 0.15) is 22.1 Å². The lowest BCUT2D eigenvalue weighted by Gasteiger charge is -2.20. The second kappa shape index (κ2) is 4.38. The molecule has 1 amide bonds. The molecule has 0 aliphatic heterocycles. The molecule has 0 bridgehead atoms. The number of ether oxygens (including phenoxy) is 1. The summed E-state index contributed by atoms with van der Waals surface area (Å²) in [6, 6.07) is 1.79. The Morgan fingerprint density at radius 1 is 1.62 bits per heavy atom. The number of nitrogens with one attached hydrogen (secondary N) is 1. The van der Waals surface area contributed by atoms with E-state index in [0.717, 1.165) is 12.1 Å². The molecular formula is C11H15FN2O2. The zero-order valence-corrected chi connectivity index (χ0v) is 9.43. The van der Waals surface area contributed by atoms with E-state index < -0.39 is 17.5 Å². The molecule has 0 atom stereocenters. The second-order valence-corrected chi connectivity index (χ2v) is 4.28. The largest absolute Gasteiger partial charge is 0.444 e. The lowest BCUT2D eigenvalue weighted by molar-refractivity contribution is 0.0636. The summed E-state index contributed by atoms with van der Waals surface area (Å²) in [7, 11) is 0. The molecule has 0 aliphatic carbocycles. The molecule has 4 nitrogen and oxygen atoms in total. The predicted molar refractivity (Wildman–Crippen MR) is 60.7 cm³/mol. The molecule has 0 spiro atoms. The first-order valence-electron chi connectivity index (χ1n) is 5.24. The average molecular weight is 227 g/mol. The third-order valence-corrected chi connectivity index (χ3v) is 1.58. The van der Waals surface area contributed by atoms with Gasteiger partial charge in [0, 0.05) is 0 Å². The Morgan fingerprint density at radius 2 is 2.25 bits per heavy atom. The maximum absolute atomic E-state index is 13.1. The summed E-state index contributed by atoms with van der Waals surface area (Å²) in [5, 5.41) is 2.33. The molecule has 0 heterocycles. The van der Waals surface area contributed by atoms with Crippen LogP contribution in [-0.2, 0) is 4.74 Å². The van der Waals surface area contributed by atoms with Gasteiger partial charge in [0.15, 0.2) is 0 Å². The van der Waals surface area contributed by atoms with E-state index in [1.807, 2.05) is 0 Å². The van der Waals surface area contributed by atoms with E-state index in [0.29, 0.717) is 0 Å². The monoisotopic (exact) mass is 227 g/mol. The van der Waals surface area contributed by atoms with Crippen molar-refractivity contribution in [2.75, 3.05) is 11.1 Å². The normalized spacial score (nSPS) is 11.9. The number of amides is 1. The fourth-order valence-electron chi connectivity index (χ4n) is 0.998. The summed E-state index contributed by atoms with van der Waals surface area (Å²) in [4.78, 5) is 11.4. The first kappa shape index (κ1) is 10.7. The van der Waals surface area contributed by atoms with Crippen LogP contribution < -0.4 is 11.1 Å². The number of carbonyl (C=O) groups is 1. The van der Waals surface area contributed by atoms with Crippen molar-refractivity contribution >= 4 is 17.5 Å². The third kappa shape index (κ3) is 3.76. The highest BCUT2D eigenvalue weighted by Crippen LogP contribution is 2.20. The van der Waals surface area contributed by atoms with Crippen molar-refractivity contribution in [3.8, 4) is 0 Å². The van der Waals surface area contributed by atoms with Crippen LogP contribution in [0.25, 0.3) is 0 Å². The number of nitrogen functional groups attached to an aromatic ring is 1. The summed E-state index contributed by atoms with van der Waals surface area (Å²) in [5.41, 5.74) is 5.10. The van der Waals surface area contributed by atoms with Crippen LogP contribution in [0.3, 0.4) is 0 Å². The van der Waals surface area contributed by atoms with E-state index in [9.17, 15) is 9.18 Å². The molecule has 0 fully saturated rings. The van der Waals surface area contributed by atoms with Gasteiger partial charge in [-0.15, -0.1) is 0 Å². The Labute approximate surface area is 95.0 Å². The summed E-state index contributed by atoms with van der Waals surface area (Å²) in [6.07, 6.45) is -0.721. The lowest BCUT2D eigenvalue weighted by Crippen LogP contribution is -2.27. The van der Waals surface area contributed by atoms with E-state index in [1.54, 1.807) is 20.8 Å². The molecule has 0 aliphatic rings. The molecule has 1 aromatic carbocycles. The van der Waals surface area contributed by atoms with Gasteiger partial charge in [-0.05, 0) is 38.9 Å². The van der Waals surface area contributed by atoms with Gasteiger partial charge in [0.2, 0.25) is 0 Å². The van der Waals surface area contributed by atoms with Gasteiger partial charge in [0.05, 0.1) is 12.7 Å². The summed E-state index contributed by atoms with van der Waals surface area (Å²) >= 11 is 0. The maximum atomic E-state index is 13.1. The quantitative estimate of drug-likeness (QED) is 0.725. The van der Waals surface area contributed by atoms with Gasteiger partial charge in [-0.1, -0.05) is 0 Å². The van der Waals surface area contributed by atoms with Crippen LogP contribution in [0, 0.1) is 5.82 Å². The first-order chi connectivity index (χ1) is 7.69. The minimum atomic E-state index is -0.759. The fraction of sp³-hybridized carbons (Fsp3) is 0.364. The number of nitrogens with two attached hydrogens (primary N) is 1. The lowest BCUT2D eigenvalue weighted by atomic mass is 10.2. The molecule has 3 N–H and O–H groups in total. The van der Waals surface area contributed by atoms with Crippen molar-refractivity contribution < 1.29 is 15.3 Å². The zero-order valence-electron chi connectivity index (χ0n) is 10.4. The average Bonchev–Trinajstić information content (AvgIpc) is 2.11. The van der Waals surface area contributed by atoms with Crippen LogP contribution in [0.4, 0.5) is 20.6 Å². The molecule has 0 saturated carbocycles. The van der Waals surface area contributed by atoms with Crippen molar-refractivity contribution in [2.45, 2.75) is 26.4 Å². The number of hydrogen-bond acceptors (Lipinski definition) is 3. The van der Waals surface area contributed by atoms with E-state index in [4.69, 9.17) is 11.8 Å². The SMILES string of the molecule is [2H]c1cc(N)c(NC(=O)OC(C)(C)C)cc1F. The molecule has 88 valence electrons. The highest BCUT2D eigenvalue weighted by atomic mass is 19.1. The van der Waals surface area contributed by atoms with Crippen LogP contribution in [-0.4, -0.2) is 11.7 Å². The van der Waals surface area contributed by atoms with E-state index in [2.05, 4.69) is 5.32 Å². The van der Waals surface area contributed by atoms with Gasteiger partial charge in [0.1, 0.15) is 11.4 Å². The van der Waals surface area contributed by atoms with Gasteiger partial charge in [0.25, 0.3) is 0 Å². The Balaban J connectivity index is 2.82. The van der Waals surface area contributed by atoms with Crippen LogP contribution in [0.2, 0.25) is 0 Å². The summed E-state index contributed by atoms with van der Waals surface area (Å²) < 4.78 is 25.3.